The van der Waals surface area contributed by atoms with E-state index in [1.807, 2.05) is 37.3 Å². The summed E-state index contributed by atoms with van der Waals surface area (Å²) in [5.74, 6) is -0.00631. The van der Waals surface area contributed by atoms with Gasteiger partial charge in [-0.1, -0.05) is 48.9 Å². The van der Waals surface area contributed by atoms with E-state index in [1.54, 1.807) is 25.3 Å². The van der Waals surface area contributed by atoms with E-state index in [-0.39, 0.29) is 11.8 Å². The molecule has 0 bridgehead atoms. The van der Waals surface area contributed by atoms with Crippen LogP contribution in [0.15, 0.2) is 48.5 Å². The van der Waals surface area contributed by atoms with E-state index in [0.29, 0.717) is 29.3 Å². The molecule has 0 heterocycles. The molecule has 0 saturated carbocycles. The lowest BCUT2D eigenvalue weighted by atomic mass is 9.99. The van der Waals surface area contributed by atoms with Crippen molar-refractivity contribution in [2.75, 3.05) is 19.0 Å². The minimum atomic E-state index is -0.864. The molecule has 5 heteroatoms. The number of nitrogens with one attached hydrogen (secondary N) is 1. The fraction of sp³-hybridized carbons (Fsp3) is 0.316. The van der Waals surface area contributed by atoms with Gasteiger partial charge in [-0.3, -0.25) is 4.79 Å². The highest BCUT2D eigenvalue weighted by atomic mass is 35.5. The van der Waals surface area contributed by atoms with Gasteiger partial charge in [0, 0.05) is 36.4 Å². The van der Waals surface area contributed by atoms with Gasteiger partial charge in [-0.15, -0.1) is 0 Å². The van der Waals surface area contributed by atoms with Crippen LogP contribution < -0.4 is 5.32 Å². The van der Waals surface area contributed by atoms with Crippen molar-refractivity contribution >= 4 is 23.2 Å². The molecule has 24 heavy (non-hydrogen) atoms. The summed E-state index contributed by atoms with van der Waals surface area (Å²) in [5.41, 5.74) is 1.87. The van der Waals surface area contributed by atoms with Crippen LogP contribution in [-0.2, 0) is 9.53 Å². The maximum Gasteiger partial charge on any atom is 0.224 e. The van der Waals surface area contributed by atoms with Crippen LogP contribution in [0.5, 0.6) is 0 Å². The maximum atomic E-state index is 12.2. The summed E-state index contributed by atoms with van der Waals surface area (Å²) >= 11 is 6.07. The Labute approximate surface area is 147 Å². The Morgan fingerprint density at radius 3 is 2.62 bits per heavy atom. The Bertz CT molecular complexity index is 676. The van der Waals surface area contributed by atoms with Crippen LogP contribution >= 0.6 is 11.6 Å². The average molecular weight is 348 g/mol. The summed E-state index contributed by atoms with van der Waals surface area (Å²) in [6.45, 7) is 2.47. The number of halogens is 1. The Balaban J connectivity index is 2.20. The largest absolute Gasteiger partial charge is 0.384 e. The zero-order chi connectivity index (χ0) is 17.5. The van der Waals surface area contributed by atoms with E-state index in [2.05, 4.69) is 5.32 Å². The molecule has 4 nitrogen and oxygen atoms in total. The third-order valence-electron chi connectivity index (χ3n) is 3.68. The number of carbonyl (C=O) groups excluding carboxylic acids is 1. The molecule has 2 rings (SSSR count). The first kappa shape index (κ1) is 18.5. The van der Waals surface area contributed by atoms with Gasteiger partial charge in [-0.05, 0) is 29.7 Å². The van der Waals surface area contributed by atoms with Crippen LogP contribution in [0.4, 0.5) is 5.69 Å². The molecule has 2 N–H and O–H groups in total. The number of benzene rings is 2. The molecule has 2 aromatic rings. The molecule has 1 amide bonds. The molecular weight excluding hydrogens is 326 g/mol. The number of ether oxygens (including phenoxy) is 1. The molecule has 0 aromatic heterocycles. The topological polar surface area (TPSA) is 58.6 Å². The number of anilines is 1. The lowest BCUT2D eigenvalue weighted by Crippen LogP contribution is -2.19. The van der Waals surface area contributed by atoms with Gasteiger partial charge in [0.15, 0.2) is 0 Å². The van der Waals surface area contributed by atoms with Gasteiger partial charge in [0.2, 0.25) is 5.91 Å². The summed E-state index contributed by atoms with van der Waals surface area (Å²) in [6, 6.07) is 14.3. The molecule has 128 valence electrons. The summed E-state index contributed by atoms with van der Waals surface area (Å²) in [5, 5.41) is 14.0. The lowest BCUT2D eigenvalue weighted by molar-refractivity contribution is -0.117. The van der Waals surface area contributed by atoms with Gasteiger partial charge >= 0.3 is 0 Å². The molecular formula is C19H22ClNO3. The van der Waals surface area contributed by atoms with E-state index in [9.17, 15) is 9.90 Å². The van der Waals surface area contributed by atoms with Crippen molar-refractivity contribution in [1.82, 2.24) is 0 Å². The summed E-state index contributed by atoms with van der Waals surface area (Å²) < 4.78 is 5.05. The smallest absolute Gasteiger partial charge is 0.224 e. The average Bonchev–Trinajstić information content (AvgIpc) is 2.56. The second-order valence-corrected chi connectivity index (χ2v) is 6.29. The molecule has 0 aliphatic rings. The number of rotatable bonds is 7. The second-order valence-electron chi connectivity index (χ2n) is 5.86. The zero-order valence-electron chi connectivity index (χ0n) is 13.8. The van der Waals surface area contributed by atoms with Crippen molar-refractivity contribution < 1.29 is 14.6 Å². The third kappa shape index (κ3) is 5.06. The van der Waals surface area contributed by atoms with E-state index >= 15 is 0 Å². The summed E-state index contributed by atoms with van der Waals surface area (Å²) in [4.78, 5) is 12.2. The van der Waals surface area contributed by atoms with Crippen molar-refractivity contribution in [3.63, 3.8) is 0 Å². The minimum Gasteiger partial charge on any atom is -0.384 e. The van der Waals surface area contributed by atoms with Gasteiger partial charge in [0.05, 0.1) is 0 Å². The molecule has 0 spiro atoms. The lowest BCUT2D eigenvalue weighted by Gasteiger charge is -2.18. The van der Waals surface area contributed by atoms with Crippen LogP contribution in [0.25, 0.3) is 0 Å². The number of aliphatic hydroxyl groups is 1. The molecule has 0 aliphatic carbocycles. The van der Waals surface area contributed by atoms with Crippen LogP contribution in [0.3, 0.4) is 0 Å². The standard InChI is InChI=1S/C19H22ClNO3/c1-13(12-24-2)10-18(22)21-17-9-8-15(20)11-16(17)19(23)14-6-4-3-5-7-14/h3-9,11,13,19,23H,10,12H2,1-2H3,(H,21,22). The fourth-order valence-corrected chi connectivity index (χ4v) is 2.73. The van der Waals surface area contributed by atoms with Crippen molar-refractivity contribution in [2.24, 2.45) is 5.92 Å². The number of aliphatic hydroxyl groups excluding tert-OH is 1. The van der Waals surface area contributed by atoms with E-state index in [0.717, 1.165) is 5.56 Å². The quantitative estimate of drug-likeness (QED) is 0.795. The van der Waals surface area contributed by atoms with Crippen molar-refractivity contribution in [3.8, 4) is 0 Å². The van der Waals surface area contributed by atoms with Crippen molar-refractivity contribution in [2.45, 2.75) is 19.4 Å². The highest BCUT2D eigenvalue weighted by Gasteiger charge is 2.17. The molecule has 2 atom stereocenters. The van der Waals surface area contributed by atoms with Gasteiger partial charge < -0.3 is 15.2 Å². The van der Waals surface area contributed by atoms with Crippen molar-refractivity contribution in [3.05, 3.63) is 64.7 Å². The number of amides is 1. The van der Waals surface area contributed by atoms with Gasteiger partial charge in [-0.2, -0.15) is 0 Å². The van der Waals surface area contributed by atoms with Crippen LogP contribution in [0.1, 0.15) is 30.6 Å². The molecule has 2 aromatic carbocycles. The molecule has 0 saturated heterocycles. The summed E-state index contributed by atoms with van der Waals surface area (Å²) in [6.07, 6.45) is -0.520. The zero-order valence-corrected chi connectivity index (χ0v) is 14.6. The summed E-state index contributed by atoms with van der Waals surface area (Å²) in [7, 11) is 1.61. The number of hydrogen-bond acceptors (Lipinski definition) is 3. The fourth-order valence-electron chi connectivity index (χ4n) is 2.55. The molecule has 0 aliphatic heterocycles. The second kappa shape index (κ2) is 8.83. The first-order valence-corrected chi connectivity index (χ1v) is 8.20. The Hall–Kier alpha value is -1.88. The highest BCUT2D eigenvalue weighted by Crippen LogP contribution is 2.31. The minimum absolute atomic E-state index is 0.116. The van der Waals surface area contributed by atoms with Gasteiger partial charge in [-0.25, -0.2) is 0 Å². The van der Waals surface area contributed by atoms with Crippen LogP contribution in [0.2, 0.25) is 5.02 Å². The molecule has 0 radical (unpaired) electrons. The normalized spacial score (nSPS) is 13.3. The van der Waals surface area contributed by atoms with Crippen LogP contribution in [-0.4, -0.2) is 24.7 Å². The van der Waals surface area contributed by atoms with Crippen molar-refractivity contribution in [1.29, 1.82) is 0 Å². The van der Waals surface area contributed by atoms with E-state index < -0.39 is 6.10 Å². The Morgan fingerprint density at radius 1 is 1.25 bits per heavy atom. The first-order valence-electron chi connectivity index (χ1n) is 7.82. The Kier molecular flexibility index (Phi) is 6.79. The highest BCUT2D eigenvalue weighted by molar-refractivity contribution is 6.30. The van der Waals surface area contributed by atoms with Gasteiger partial charge in [0.1, 0.15) is 6.10 Å². The van der Waals surface area contributed by atoms with E-state index in [4.69, 9.17) is 16.3 Å². The van der Waals surface area contributed by atoms with Gasteiger partial charge in [0.25, 0.3) is 0 Å². The predicted octanol–water partition coefficient (Wildman–Crippen LogP) is 4.03. The molecule has 2 unspecified atom stereocenters. The third-order valence-corrected chi connectivity index (χ3v) is 3.92. The number of carbonyl (C=O) groups is 1. The SMILES string of the molecule is COCC(C)CC(=O)Nc1ccc(Cl)cc1C(O)c1ccccc1. The van der Waals surface area contributed by atoms with E-state index in [1.165, 1.54) is 0 Å². The predicted molar refractivity (Wildman–Crippen MR) is 96.2 cm³/mol. The first-order chi connectivity index (χ1) is 11.5. The maximum absolute atomic E-state index is 12.2. The van der Waals surface area contributed by atoms with Crippen LogP contribution in [0, 0.1) is 5.92 Å². The number of methoxy groups -OCH3 is 1. The molecule has 0 fully saturated rings. The monoisotopic (exact) mass is 347 g/mol. The Morgan fingerprint density at radius 2 is 1.96 bits per heavy atom. The number of hydrogen-bond donors (Lipinski definition) is 2.